The molecule has 0 N–H and O–H groups in total. The van der Waals surface area contributed by atoms with Crippen LogP contribution in [0.1, 0.15) is 18.1 Å². The number of hydrogen-bond donors (Lipinski definition) is 0. The van der Waals surface area contributed by atoms with E-state index in [-0.39, 0.29) is 11.9 Å². The number of hydrogen-bond acceptors (Lipinski definition) is 4. The Bertz CT molecular complexity index is 874. The molecule has 5 nitrogen and oxygen atoms in total. The summed E-state index contributed by atoms with van der Waals surface area (Å²) in [5.41, 5.74) is 1.54. The lowest BCUT2D eigenvalue weighted by Gasteiger charge is -2.40. The fourth-order valence-corrected chi connectivity index (χ4v) is 3.50. The van der Waals surface area contributed by atoms with Crippen molar-refractivity contribution in [2.75, 3.05) is 24.5 Å². The second-order valence-corrected chi connectivity index (χ2v) is 7.12. The van der Waals surface area contributed by atoms with Crippen molar-refractivity contribution < 1.29 is 4.79 Å². The Labute approximate surface area is 161 Å². The molecule has 0 bridgehead atoms. The molecule has 1 aliphatic heterocycles. The van der Waals surface area contributed by atoms with Crippen LogP contribution in [-0.2, 0) is 4.79 Å². The average Bonchev–Trinajstić information content (AvgIpc) is 2.66. The number of benzene rings is 1. The molecule has 0 aliphatic carbocycles. The van der Waals surface area contributed by atoms with Crippen LogP contribution in [0.15, 0.2) is 53.1 Å². The summed E-state index contributed by atoms with van der Waals surface area (Å²) in [5, 5.41) is 9.26. The highest BCUT2D eigenvalue weighted by molar-refractivity contribution is 9.10. The molecule has 0 unspecified atom stereocenters. The van der Waals surface area contributed by atoms with Crippen LogP contribution < -0.4 is 4.90 Å². The summed E-state index contributed by atoms with van der Waals surface area (Å²) in [6.45, 7) is 3.94. The molecule has 1 amide bonds. The van der Waals surface area contributed by atoms with Crippen LogP contribution in [0.3, 0.4) is 0 Å². The quantitative estimate of drug-likeness (QED) is 0.726. The Morgan fingerprint density at radius 2 is 2.19 bits per heavy atom. The lowest BCUT2D eigenvalue weighted by Crippen LogP contribution is -2.54. The van der Waals surface area contributed by atoms with Gasteiger partial charge in [-0.15, -0.1) is 0 Å². The van der Waals surface area contributed by atoms with E-state index in [1.54, 1.807) is 24.4 Å². The first-order valence-corrected chi connectivity index (χ1v) is 9.22. The zero-order chi connectivity index (χ0) is 18.5. The van der Waals surface area contributed by atoms with Crippen molar-refractivity contribution in [2.45, 2.75) is 13.0 Å². The number of carbonyl (C=O) groups excluding carboxylic acids is 1. The normalized spacial score (nSPS) is 17.3. The Morgan fingerprint density at radius 3 is 2.92 bits per heavy atom. The minimum atomic E-state index is -0.00125. The lowest BCUT2D eigenvalue weighted by molar-refractivity contribution is -0.128. The zero-order valence-corrected chi connectivity index (χ0v) is 16.1. The molecule has 6 heteroatoms. The number of anilines is 1. The van der Waals surface area contributed by atoms with Crippen molar-refractivity contribution in [3.05, 3.63) is 64.3 Å². The molecule has 1 fully saturated rings. The van der Waals surface area contributed by atoms with Gasteiger partial charge in [0, 0.05) is 42.4 Å². The number of rotatable bonds is 3. The highest BCUT2D eigenvalue weighted by Crippen LogP contribution is 2.21. The van der Waals surface area contributed by atoms with Gasteiger partial charge in [0.2, 0.25) is 5.91 Å². The summed E-state index contributed by atoms with van der Waals surface area (Å²) in [5.74, 6) is 0.692. The Kier molecular flexibility index (Phi) is 5.69. The molecule has 2 aromatic rings. The standard InChI is InChI=1S/C20H19BrN4O/c1-15-14-24(20-17(13-22)5-3-9-23-20)10-11-25(15)19(26)8-7-16-4-2-6-18(21)12-16/h2-9,12,15H,10-11,14H2,1H3/b8-7+/t15-/m1/s1. The largest absolute Gasteiger partial charge is 0.352 e. The molecule has 26 heavy (non-hydrogen) atoms. The molecule has 1 atom stereocenters. The first kappa shape index (κ1) is 18.2. The number of carbonyl (C=O) groups is 1. The minimum absolute atomic E-state index is 0.00125. The second kappa shape index (κ2) is 8.15. The van der Waals surface area contributed by atoms with Crippen molar-refractivity contribution in [1.82, 2.24) is 9.88 Å². The van der Waals surface area contributed by atoms with E-state index in [1.165, 1.54) is 0 Å². The van der Waals surface area contributed by atoms with Crippen LogP contribution in [-0.4, -0.2) is 41.5 Å². The summed E-state index contributed by atoms with van der Waals surface area (Å²) in [4.78, 5) is 20.9. The van der Waals surface area contributed by atoms with Gasteiger partial charge in [-0.25, -0.2) is 4.98 Å². The smallest absolute Gasteiger partial charge is 0.246 e. The van der Waals surface area contributed by atoms with E-state index in [0.717, 1.165) is 10.0 Å². The molecule has 0 saturated carbocycles. The van der Waals surface area contributed by atoms with E-state index in [1.807, 2.05) is 42.2 Å². The van der Waals surface area contributed by atoms with Crippen molar-refractivity contribution in [3.8, 4) is 6.07 Å². The molecule has 0 radical (unpaired) electrons. The highest BCUT2D eigenvalue weighted by Gasteiger charge is 2.27. The van der Waals surface area contributed by atoms with Crippen LogP contribution in [0.5, 0.6) is 0 Å². The molecule has 1 saturated heterocycles. The Morgan fingerprint density at radius 1 is 1.35 bits per heavy atom. The first-order chi connectivity index (χ1) is 12.6. The fraction of sp³-hybridized carbons (Fsp3) is 0.250. The maximum atomic E-state index is 12.6. The molecular weight excluding hydrogens is 392 g/mol. The van der Waals surface area contributed by atoms with Crippen LogP contribution in [0.4, 0.5) is 5.82 Å². The molecule has 1 aromatic carbocycles. The highest BCUT2D eigenvalue weighted by atomic mass is 79.9. The van der Waals surface area contributed by atoms with Gasteiger partial charge < -0.3 is 9.80 Å². The van der Waals surface area contributed by atoms with E-state index >= 15 is 0 Å². The Hall–Kier alpha value is -2.65. The van der Waals surface area contributed by atoms with E-state index in [4.69, 9.17) is 0 Å². The Balaban J connectivity index is 1.67. The molecule has 0 spiro atoms. The molecular formula is C20H19BrN4O. The number of nitrogens with zero attached hydrogens (tertiary/aromatic N) is 4. The molecule has 3 rings (SSSR count). The predicted molar refractivity (Wildman–Crippen MR) is 106 cm³/mol. The van der Waals surface area contributed by atoms with Gasteiger partial charge in [-0.3, -0.25) is 4.79 Å². The second-order valence-electron chi connectivity index (χ2n) is 6.20. The summed E-state index contributed by atoms with van der Waals surface area (Å²) in [7, 11) is 0. The first-order valence-electron chi connectivity index (χ1n) is 8.43. The number of piperazine rings is 1. The van der Waals surface area contributed by atoms with Crippen LogP contribution >= 0.6 is 15.9 Å². The zero-order valence-electron chi connectivity index (χ0n) is 14.5. The third-order valence-corrected chi connectivity index (χ3v) is 4.88. The van der Waals surface area contributed by atoms with Gasteiger partial charge in [0.15, 0.2) is 0 Å². The molecule has 132 valence electrons. The van der Waals surface area contributed by atoms with Crippen LogP contribution in [0.25, 0.3) is 6.08 Å². The predicted octanol–water partition coefficient (Wildman–Crippen LogP) is 3.47. The lowest BCUT2D eigenvalue weighted by atomic mass is 10.1. The van der Waals surface area contributed by atoms with Gasteiger partial charge in [-0.1, -0.05) is 28.1 Å². The van der Waals surface area contributed by atoms with Crippen molar-refractivity contribution in [3.63, 3.8) is 0 Å². The summed E-state index contributed by atoms with van der Waals surface area (Å²) < 4.78 is 0.984. The molecule has 1 aromatic heterocycles. The van der Waals surface area contributed by atoms with Crippen molar-refractivity contribution in [2.24, 2.45) is 0 Å². The SMILES string of the molecule is C[C@@H]1CN(c2ncccc2C#N)CCN1C(=O)/C=C/c1cccc(Br)c1. The maximum Gasteiger partial charge on any atom is 0.246 e. The maximum absolute atomic E-state index is 12.6. The summed E-state index contributed by atoms with van der Waals surface area (Å²) >= 11 is 3.43. The minimum Gasteiger partial charge on any atom is -0.352 e. The number of pyridine rings is 1. The number of amides is 1. The van der Waals surface area contributed by atoms with E-state index in [9.17, 15) is 10.1 Å². The fourth-order valence-electron chi connectivity index (χ4n) is 3.09. The summed E-state index contributed by atoms with van der Waals surface area (Å²) in [6, 6.07) is 13.6. The molecule has 1 aliphatic rings. The average molecular weight is 411 g/mol. The molecule has 2 heterocycles. The number of halogens is 1. The van der Waals surface area contributed by atoms with Gasteiger partial charge in [-0.05, 0) is 42.8 Å². The van der Waals surface area contributed by atoms with Gasteiger partial charge in [0.05, 0.1) is 5.56 Å². The topological polar surface area (TPSA) is 60.2 Å². The third-order valence-electron chi connectivity index (χ3n) is 4.38. The number of aromatic nitrogens is 1. The van der Waals surface area contributed by atoms with Gasteiger partial charge in [-0.2, -0.15) is 5.26 Å². The van der Waals surface area contributed by atoms with Crippen molar-refractivity contribution in [1.29, 1.82) is 5.26 Å². The van der Waals surface area contributed by atoms with Gasteiger partial charge in [0.25, 0.3) is 0 Å². The number of nitriles is 1. The van der Waals surface area contributed by atoms with E-state index in [0.29, 0.717) is 31.0 Å². The van der Waals surface area contributed by atoms with E-state index < -0.39 is 0 Å². The summed E-state index contributed by atoms with van der Waals surface area (Å²) in [6.07, 6.45) is 5.15. The van der Waals surface area contributed by atoms with Gasteiger partial charge in [0.1, 0.15) is 11.9 Å². The van der Waals surface area contributed by atoms with Crippen LogP contribution in [0, 0.1) is 11.3 Å². The third kappa shape index (κ3) is 4.12. The van der Waals surface area contributed by atoms with Crippen molar-refractivity contribution >= 4 is 33.7 Å². The monoisotopic (exact) mass is 410 g/mol. The van der Waals surface area contributed by atoms with Gasteiger partial charge >= 0.3 is 0 Å². The van der Waals surface area contributed by atoms with E-state index in [2.05, 4.69) is 31.9 Å². The van der Waals surface area contributed by atoms with Crippen LogP contribution in [0.2, 0.25) is 0 Å².